The molecule has 0 atom stereocenters. The molecule has 3 N–H and O–H groups in total. The molecule has 5 nitrogen and oxygen atoms in total. The van der Waals surface area contributed by atoms with Gasteiger partial charge in [0.15, 0.2) is 0 Å². The Labute approximate surface area is 90.5 Å². The molecule has 0 radical (unpaired) electrons. The van der Waals surface area contributed by atoms with Crippen LogP contribution in [0.2, 0.25) is 0 Å². The second-order valence-electron chi connectivity index (χ2n) is 2.95. The minimum atomic E-state index is -1.07. The van der Waals surface area contributed by atoms with Crippen LogP contribution in [0.15, 0.2) is 0 Å². The Bertz CT molecular complexity index is 410. The molecule has 0 aliphatic rings. The Morgan fingerprint density at radius 1 is 1.53 bits per heavy atom. The lowest BCUT2D eigenvalue weighted by atomic mass is 10.1. The molecule has 0 aromatic carbocycles. The maximum atomic E-state index is 11.0. The van der Waals surface area contributed by atoms with Gasteiger partial charge >= 0.3 is 11.9 Å². The van der Waals surface area contributed by atoms with Crippen molar-refractivity contribution >= 4 is 28.3 Å². The number of hydrogen-bond donors (Lipinski definition) is 2. The van der Waals surface area contributed by atoms with Crippen molar-refractivity contribution in [2.24, 2.45) is 0 Å². The summed E-state index contributed by atoms with van der Waals surface area (Å²) in [5.74, 6) is -1.48. The topological polar surface area (TPSA) is 89.6 Å². The number of methoxy groups -OCH3 is 1. The summed E-state index contributed by atoms with van der Waals surface area (Å²) >= 11 is 1.11. The van der Waals surface area contributed by atoms with Gasteiger partial charge in [0.1, 0.15) is 5.00 Å². The van der Waals surface area contributed by atoms with Crippen molar-refractivity contribution in [3.05, 3.63) is 16.0 Å². The highest BCUT2D eigenvalue weighted by Crippen LogP contribution is 2.30. The van der Waals surface area contributed by atoms with Crippen molar-refractivity contribution in [3.63, 3.8) is 0 Å². The van der Waals surface area contributed by atoms with E-state index in [1.54, 1.807) is 6.92 Å². The smallest absolute Gasteiger partial charge is 0.338 e. The molecule has 0 unspecified atom stereocenters. The van der Waals surface area contributed by atoms with Gasteiger partial charge in [-0.3, -0.25) is 4.79 Å². The molecule has 0 aliphatic heterocycles. The maximum absolute atomic E-state index is 11.0. The Morgan fingerprint density at radius 3 is 2.53 bits per heavy atom. The average molecular weight is 229 g/mol. The minimum absolute atomic E-state index is 0.0600. The van der Waals surface area contributed by atoms with E-state index in [2.05, 4.69) is 4.74 Å². The SMILES string of the molecule is COC(=O)Cc1sc(N)c(C(=O)O)c1C. The fourth-order valence-corrected chi connectivity index (χ4v) is 2.28. The zero-order valence-corrected chi connectivity index (χ0v) is 9.18. The second-order valence-corrected chi connectivity index (χ2v) is 4.08. The molecule has 1 rings (SSSR count). The van der Waals surface area contributed by atoms with Crippen LogP contribution in [0.25, 0.3) is 0 Å². The standard InChI is InChI=1S/C9H11NO4S/c1-4-5(3-6(11)14-2)15-8(10)7(4)9(12)13/h3,10H2,1-2H3,(H,12,13). The molecule has 1 aromatic heterocycles. The number of thiophene rings is 1. The first-order chi connectivity index (χ1) is 6.97. The molecule has 0 spiro atoms. The highest BCUT2D eigenvalue weighted by molar-refractivity contribution is 7.16. The third-order valence-electron chi connectivity index (χ3n) is 2.02. The number of hydrogen-bond acceptors (Lipinski definition) is 5. The van der Waals surface area contributed by atoms with Crippen LogP contribution in [0.5, 0.6) is 0 Å². The molecule has 82 valence electrons. The number of nitrogen functional groups attached to an aromatic ring is 1. The Hall–Kier alpha value is -1.56. The quantitative estimate of drug-likeness (QED) is 0.756. The van der Waals surface area contributed by atoms with E-state index >= 15 is 0 Å². The second kappa shape index (κ2) is 4.31. The number of esters is 1. The van der Waals surface area contributed by atoms with Crippen LogP contribution in [0, 0.1) is 6.92 Å². The lowest BCUT2D eigenvalue weighted by Crippen LogP contribution is -2.05. The minimum Gasteiger partial charge on any atom is -0.478 e. The fourth-order valence-electron chi connectivity index (χ4n) is 1.22. The summed E-state index contributed by atoms with van der Waals surface area (Å²) in [5.41, 5.74) is 6.17. The summed E-state index contributed by atoms with van der Waals surface area (Å²) in [6, 6.07) is 0. The van der Waals surface area contributed by atoms with E-state index in [0.29, 0.717) is 10.4 Å². The predicted octanol–water partition coefficient (Wildman–Crippen LogP) is 1.05. The lowest BCUT2D eigenvalue weighted by molar-refractivity contribution is -0.139. The summed E-state index contributed by atoms with van der Waals surface area (Å²) in [6.07, 6.45) is 0.0600. The summed E-state index contributed by atoms with van der Waals surface area (Å²) in [7, 11) is 1.28. The Kier molecular flexibility index (Phi) is 3.31. The number of anilines is 1. The summed E-state index contributed by atoms with van der Waals surface area (Å²) in [6.45, 7) is 1.63. The number of carboxylic acids is 1. The number of carbonyl (C=O) groups is 2. The van der Waals surface area contributed by atoms with Gasteiger partial charge in [-0.15, -0.1) is 11.3 Å². The van der Waals surface area contributed by atoms with Crippen LogP contribution in [0.1, 0.15) is 20.8 Å². The van der Waals surface area contributed by atoms with Crippen molar-refractivity contribution in [2.45, 2.75) is 13.3 Å². The number of carbonyl (C=O) groups excluding carboxylic acids is 1. The van der Waals surface area contributed by atoms with Crippen LogP contribution in [0.4, 0.5) is 5.00 Å². The maximum Gasteiger partial charge on any atom is 0.338 e. The molecule has 0 saturated carbocycles. The first-order valence-corrected chi connectivity index (χ1v) is 4.96. The van der Waals surface area contributed by atoms with E-state index in [0.717, 1.165) is 11.3 Å². The molecule has 0 aliphatic carbocycles. The van der Waals surface area contributed by atoms with E-state index in [4.69, 9.17) is 10.8 Å². The van der Waals surface area contributed by atoms with Crippen molar-refractivity contribution in [3.8, 4) is 0 Å². The van der Waals surface area contributed by atoms with E-state index in [1.807, 2.05) is 0 Å². The van der Waals surface area contributed by atoms with Crippen LogP contribution in [-0.4, -0.2) is 24.2 Å². The van der Waals surface area contributed by atoms with E-state index in [-0.39, 0.29) is 17.0 Å². The van der Waals surface area contributed by atoms with E-state index in [1.165, 1.54) is 7.11 Å². The number of ether oxygens (including phenoxy) is 1. The third-order valence-corrected chi connectivity index (χ3v) is 3.14. The van der Waals surface area contributed by atoms with Crippen LogP contribution < -0.4 is 5.73 Å². The molecule has 1 aromatic rings. The van der Waals surface area contributed by atoms with Gasteiger partial charge in [0, 0.05) is 4.88 Å². The van der Waals surface area contributed by atoms with E-state index < -0.39 is 11.9 Å². The van der Waals surface area contributed by atoms with Gasteiger partial charge in [0.25, 0.3) is 0 Å². The van der Waals surface area contributed by atoms with Crippen LogP contribution in [-0.2, 0) is 16.0 Å². The van der Waals surface area contributed by atoms with Gasteiger partial charge in [0.2, 0.25) is 0 Å². The van der Waals surface area contributed by atoms with Crippen LogP contribution >= 0.6 is 11.3 Å². The van der Waals surface area contributed by atoms with Gasteiger partial charge < -0.3 is 15.6 Å². The highest BCUT2D eigenvalue weighted by Gasteiger charge is 2.20. The molecule has 6 heteroatoms. The van der Waals surface area contributed by atoms with Crippen molar-refractivity contribution < 1.29 is 19.4 Å². The molecule has 15 heavy (non-hydrogen) atoms. The largest absolute Gasteiger partial charge is 0.478 e. The van der Waals surface area contributed by atoms with Gasteiger partial charge in [-0.2, -0.15) is 0 Å². The first-order valence-electron chi connectivity index (χ1n) is 4.15. The number of nitrogens with two attached hydrogens (primary N) is 1. The predicted molar refractivity (Wildman–Crippen MR) is 56.1 cm³/mol. The van der Waals surface area contributed by atoms with Gasteiger partial charge in [-0.25, -0.2) is 4.79 Å². The van der Waals surface area contributed by atoms with Crippen LogP contribution in [0.3, 0.4) is 0 Å². The zero-order chi connectivity index (χ0) is 11.6. The molecule has 0 amide bonds. The highest BCUT2D eigenvalue weighted by atomic mass is 32.1. The van der Waals surface area contributed by atoms with E-state index in [9.17, 15) is 9.59 Å². The molecular formula is C9H11NO4S. The third kappa shape index (κ3) is 2.27. The summed E-state index contributed by atoms with van der Waals surface area (Å²) in [5, 5.41) is 9.08. The average Bonchev–Trinajstić information content (AvgIpc) is 2.41. The molecule has 0 saturated heterocycles. The monoisotopic (exact) mass is 229 g/mol. The Morgan fingerprint density at radius 2 is 2.13 bits per heavy atom. The number of carboxylic acid groups (broad SMARTS) is 1. The van der Waals surface area contributed by atoms with Gasteiger partial charge in [-0.05, 0) is 12.5 Å². The molecule has 0 fully saturated rings. The molecule has 1 heterocycles. The normalized spacial score (nSPS) is 10.0. The molecule has 0 bridgehead atoms. The summed E-state index contributed by atoms with van der Waals surface area (Å²) < 4.78 is 4.50. The summed E-state index contributed by atoms with van der Waals surface area (Å²) in [4.78, 5) is 22.5. The van der Waals surface area contributed by atoms with Crippen molar-refractivity contribution in [1.29, 1.82) is 0 Å². The van der Waals surface area contributed by atoms with Crippen molar-refractivity contribution in [1.82, 2.24) is 0 Å². The molecular weight excluding hydrogens is 218 g/mol. The fraction of sp³-hybridized carbons (Fsp3) is 0.333. The zero-order valence-electron chi connectivity index (χ0n) is 8.36. The number of rotatable bonds is 3. The number of aromatic carboxylic acids is 1. The first kappa shape index (κ1) is 11.5. The Balaban J connectivity index is 3.07. The van der Waals surface area contributed by atoms with Gasteiger partial charge in [0.05, 0.1) is 19.1 Å². The van der Waals surface area contributed by atoms with Crippen molar-refractivity contribution in [2.75, 3.05) is 12.8 Å². The lowest BCUT2D eigenvalue weighted by Gasteiger charge is -1.98. The van der Waals surface area contributed by atoms with Gasteiger partial charge in [-0.1, -0.05) is 0 Å².